The van der Waals surface area contributed by atoms with Gasteiger partial charge >= 0.3 is 0 Å². The standard InChI is InChI=1S/C12H19N3S/c1-15(2)14-9-8-13-10-11-6-4-5-7-12(11)16-3/h4-7,10,14H,8-9H2,1-3H3. The van der Waals surface area contributed by atoms with Crippen molar-refractivity contribution in [3.63, 3.8) is 0 Å². The van der Waals surface area contributed by atoms with Crippen LogP contribution in [0.3, 0.4) is 0 Å². The van der Waals surface area contributed by atoms with Gasteiger partial charge in [-0.1, -0.05) is 18.2 Å². The molecule has 0 saturated carbocycles. The highest BCUT2D eigenvalue weighted by Crippen LogP contribution is 2.17. The van der Waals surface area contributed by atoms with Gasteiger partial charge in [0.2, 0.25) is 0 Å². The van der Waals surface area contributed by atoms with E-state index in [9.17, 15) is 0 Å². The third-order valence-electron chi connectivity index (χ3n) is 2.04. The molecule has 1 aromatic carbocycles. The molecule has 0 radical (unpaired) electrons. The van der Waals surface area contributed by atoms with Crippen LogP contribution in [0.2, 0.25) is 0 Å². The number of rotatable bonds is 6. The third kappa shape index (κ3) is 4.79. The van der Waals surface area contributed by atoms with Crippen molar-refractivity contribution in [3.8, 4) is 0 Å². The van der Waals surface area contributed by atoms with E-state index in [1.807, 2.05) is 31.4 Å². The highest BCUT2D eigenvalue weighted by atomic mass is 32.2. The van der Waals surface area contributed by atoms with Gasteiger partial charge < -0.3 is 0 Å². The van der Waals surface area contributed by atoms with Crippen molar-refractivity contribution in [2.45, 2.75) is 4.90 Å². The molecule has 0 aliphatic rings. The van der Waals surface area contributed by atoms with Crippen molar-refractivity contribution < 1.29 is 0 Å². The predicted molar refractivity (Wildman–Crippen MR) is 72.4 cm³/mol. The van der Waals surface area contributed by atoms with E-state index in [1.54, 1.807) is 11.8 Å². The van der Waals surface area contributed by atoms with Gasteiger partial charge in [0.25, 0.3) is 0 Å². The molecule has 0 atom stereocenters. The van der Waals surface area contributed by atoms with E-state index in [4.69, 9.17) is 0 Å². The van der Waals surface area contributed by atoms with Gasteiger partial charge in [0, 0.05) is 37.3 Å². The number of aliphatic imine (C=N–C) groups is 1. The lowest BCUT2D eigenvalue weighted by molar-refractivity contribution is 0.295. The summed E-state index contributed by atoms with van der Waals surface area (Å²) in [4.78, 5) is 5.66. The predicted octanol–water partition coefficient (Wildman–Crippen LogP) is 1.89. The number of hydrazine groups is 1. The van der Waals surface area contributed by atoms with Crippen LogP contribution in [0.1, 0.15) is 5.56 Å². The van der Waals surface area contributed by atoms with E-state index < -0.39 is 0 Å². The Balaban J connectivity index is 2.43. The fraction of sp³-hybridized carbons (Fsp3) is 0.417. The molecule has 0 fully saturated rings. The molecule has 88 valence electrons. The van der Waals surface area contributed by atoms with Gasteiger partial charge in [-0.05, 0) is 12.3 Å². The average molecular weight is 237 g/mol. The minimum Gasteiger partial charge on any atom is -0.291 e. The molecular weight excluding hydrogens is 218 g/mol. The Morgan fingerprint density at radius 1 is 1.38 bits per heavy atom. The zero-order valence-corrected chi connectivity index (χ0v) is 10.9. The van der Waals surface area contributed by atoms with Crippen molar-refractivity contribution in [2.24, 2.45) is 4.99 Å². The second-order valence-corrected chi connectivity index (χ2v) is 4.43. The molecule has 4 heteroatoms. The van der Waals surface area contributed by atoms with Crippen LogP contribution in [-0.2, 0) is 0 Å². The van der Waals surface area contributed by atoms with Crippen molar-refractivity contribution in [1.82, 2.24) is 10.4 Å². The Morgan fingerprint density at radius 2 is 2.12 bits per heavy atom. The van der Waals surface area contributed by atoms with E-state index in [1.165, 1.54) is 10.5 Å². The first-order valence-corrected chi connectivity index (χ1v) is 6.50. The minimum atomic E-state index is 0.793. The summed E-state index contributed by atoms with van der Waals surface area (Å²) in [5.41, 5.74) is 4.37. The van der Waals surface area contributed by atoms with Crippen LogP contribution in [0.15, 0.2) is 34.2 Å². The fourth-order valence-electron chi connectivity index (χ4n) is 1.27. The van der Waals surface area contributed by atoms with Crippen LogP contribution in [0.25, 0.3) is 0 Å². The van der Waals surface area contributed by atoms with Crippen LogP contribution in [0.4, 0.5) is 0 Å². The van der Waals surface area contributed by atoms with Gasteiger partial charge in [-0.25, -0.2) is 0 Å². The Bertz CT molecular complexity index is 337. The summed E-state index contributed by atoms with van der Waals surface area (Å²) in [6.45, 7) is 1.66. The maximum absolute atomic E-state index is 4.39. The first-order valence-electron chi connectivity index (χ1n) is 5.27. The van der Waals surface area contributed by atoms with Gasteiger partial charge in [-0.15, -0.1) is 11.8 Å². The van der Waals surface area contributed by atoms with E-state index in [2.05, 4.69) is 34.9 Å². The van der Waals surface area contributed by atoms with Gasteiger partial charge in [0.15, 0.2) is 0 Å². The molecule has 3 nitrogen and oxygen atoms in total. The van der Waals surface area contributed by atoms with Crippen molar-refractivity contribution in [1.29, 1.82) is 0 Å². The molecule has 0 heterocycles. The molecule has 0 bridgehead atoms. The summed E-state index contributed by atoms with van der Waals surface area (Å²) in [5, 5.41) is 1.94. The van der Waals surface area contributed by atoms with Crippen LogP contribution >= 0.6 is 11.8 Å². The number of hydrogen-bond acceptors (Lipinski definition) is 4. The second-order valence-electron chi connectivity index (χ2n) is 3.58. The Morgan fingerprint density at radius 3 is 2.81 bits per heavy atom. The second kappa shape index (κ2) is 7.44. The highest BCUT2D eigenvalue weighted by Gasteiger charge is 1.95. The van der Waals surface area contributed by atoms with Crippen molar-refractivity contribution in [2.75, 3.05) is 33.4 Å². The topological polar surface area (TPSA) is 27.6 Å². The molecule has 16 heavy (non-hydrogen) atoms. The van der Waals surface area contributed by atoms with E-state index in [0.717, 1.165) is 13.1 Å². The molecular formula is C12H19N3S. The lowest BCUT2D eigenvalue weighted by Gasteiger charge is -2.09. The van der Waals surface area contributed by atoms with Crippen LogP contribution < -0.4 is 5.43 Å². The SMILES string of the molecule is CSc1ccccc1C=NCCNN(C)C. The minimum absolute atomic E-state index is 0.793. The Hall–Kier alpha value is -0.840. The third-order valence-corrected chi connectivity index (χ3v) is 2.85. The number of hydrogen-bond donors (Lipinski definition) is 1. The van der Waals surface area contributed by atoms with Gasteiger partial charge in [0.1, 0.15) is 0 Å². The van der Waals surface area contributed by atoms with Crippen LogP contribution in [0.5, 0.6) is 0 Å². The molecule has 0 aliphatic heterocycles. The van der Waals surface area contributed by atoms with Crippen molar-refractivity contribution >= 4 is 18.0 Å². The number of benzene rings is 1. The van der Waals surface area contributed by atoms with Gasteiger partial charge in [-0.3, -0.25) is 15.4 Å². The molecule has 0 aliphatic carbocycles. The zero-order valence-electron chi connectivity index (χ0n) is 10.1. The van der Waals surface area contributed by atoms with Crippen LogP contribution in [0, 0.1) is 0 Å². The first-order chi connectivity index (χ1) is 7.74. The Labute approximate surface area is 102 Å². The summed E-state index contributed by atoms with van der Waals surface area (Å²) >= 11 is 1.75. The first kappa shape index (κ1) is 13.2. The maximum Gasteiger partial charge on any atom is 0.0528 e. The summed E-state index contributed by atoms with van der Waals surface area (Å²) in [7, 11) is 3.96. The van der Waals surface area contributed by atoms with Crippen molar-refractivity contribution in [3.05, 3.63) is 29.8 Å². The summed E-state index contributed by atoms with van der Waals surface area (Å²) in [6, 6.07) is 8.30. The Kier molecular flexibility index (Phi) is 6.15. The molecule has 1 N–H and O–H groups in total. The molecule has 0 unspecified atom stereocenters. The molecule has 0 saturated heterocycles. The lowest BCUT2D eigenvalue weighted by Crippen LogP contribution is -2.32. The highest BCUT2D eigenvalue weighted by molar-refractivity contribution is 7.98. The average Bonchev–Trinajstić information content (AvgIpc) is 2.29. The normalized spacial score (nSPS) is 11.5. The fourth-order valence-corrected chi connectivity index (χ4v) is 1.85. The monoisotopic (exact) mass is 237 g/mol. The zero-order chi connectivity index (χ0) is 11.8. The van der Waals surface area contributed by atoms with Gasteiger partial charge in [-0.2, -0.15) is 0 Å². The van der Waals surface area contributed by atoms with E-state index in [0.29, 0.717) is 0 Å². The van der Waals surface area contributed by atoms with E-state index >= 15 is 0 Å². The molecule has 0 spiro atoms. The molecule has 1 aromatic rings. The number of nitrogens with one attached hydrogen (secondary N) is 1. The van der Waals surface area contributed by atoms with E-state index in [-0.39, 0.29) is 0 Å². The quantitative estimate of drug-likeness (QED) is 0.354. The largest absolute Gasteiger partial charge is 0.291 e. The summed E-state index contributed by atoms with van der Waals surface area (Å²) in [6.07, 6.45) is 4.03. The smallest absolute Gasteiger partial charge is 0.0528 e. The molecule has 0 amide bonds. The molecule has 0 aromatic heterocycles. The number of nitrogens with zero attached hydrogens (tertiary/aromatic N) is 2. The lowest BCUT2D eigenvalue weighted by atomic mass is 10.2. The molecule has 1 rings (SSSR count). The summed E-state index contributed by atoms with van der Waals surface area (Å²) in [5.74, 6) is 0. The number of thioether (sulfide) groups is 1. The summed E-state index contributed by atoms with van der Waals surface area (Å²) < 4.78 is 0. The van der Waals surface area contributed by atoms with Gasteiger partial charge in [0.05, 0.1) is 6.54 Å². The maximum atomic E-state index is 4.39. The van der Waals surface area contributed by atoms with Crippen LogP contribution in [-0.4, -0.2) is 44.7 Å².